The molecule has 402 valence electrons. The number of hydrogen-bond donors (Lipinski definition) is 1. The van der Waals surface area contributed by atoms with Gasteiger partial charge in [0.05, 0.1) is 6.61 Å². The fraction of sp³-hybridized carbons (Fsp3) is 0.723. The Hall–Kier alpha value is -3.18. The van der Waals surface area contributed by atoms with E-state index >= 15 is 0 Å². The fourth-order valence-electron chi connectivity index (χ4n) is 8.46. The molecular weight excluding hydrogens is 861 g/mol. The van der Waals surface area contributed by atoms with Crippen LogP contribution in [-0.4, -0.2) is 36.4 Å². The van der Waals surface area contributed by atoms with Gasteiger partial charge in [0, 0.05) is 12.8 Å². The van der Waals surface area contributed by atoms with E-state index in [1.54, 1.807) is 0 Å². The van der Waals surface area contributed by atoms with Crippen LogP contribution < -0.4 is 0 Å². The molecule has 0 aliphatic rings. The summed E-state index contributed by atoms with van der Waals surface area (Å²) < 4.78 is 10.7. The summed E-state index contributed by atoms with van der Waals surface area (Å²) in [7, 11) is 0. The van der Waals surface area contributed by atoms with E-state index in [2.05, 4.69) is 111 Å². The summed E-state index contributed by atoms with van der Waals surface area (Å²) in [5.41, 5.74) is 0. The first-order valence-electron chi connectivity index (χ1n) is 29.8. The molecule has 0 aromatic rings. The Balaban J connectivity index is 3.55. The van der Waals surface area contributed by atoms with Crippen LogP contribution in [0.5, 0.6) is 0 Å². The van der Waals surface area contributed by atoms with Crippen molar-refractivity contribution < 1.29 is 24.2 Å². The normalized spacial score (nSPS) is 12.9. The van der Waals surface area contributed by atoms with Crippen molar-refractivity contribution >= 4 is 11.9 Å². The maximum Gasteiger partial charge on any atom is 0.306 e. The van der Waals surface area contributed by atoms with Crippen LogP contribution in [0.2, 0.25) is 0 Å². The molecule has 0 aromatic heterocycles. The van der Waals surface area contributed by atoms with Gasteiger partial charge >= 0.3 is 11.9 Å². The smallest absolute Gasteiger partial charge is 0.306 e. The van der Waals surface area contributed by atoms with Crippen molar-refractivity contribution in [2.24, 2.45) is 0 Å². The van der Waals surface area contributed by atoms with Gasteiger partial charge in [0.2, 0.25) is 0 Å². The maximum atomic E-state index is 12.3. The van der Waals surface area contributed by atoms with Crippen LogP contribution in [0.1, 0.15) is 284 Å². The number of ether oxygens (including phenoxy) is 2. The van der Waals surface area contributed by atoms with Crippen LogP contribution in [0, 0.1) is 0 Å². The molecule has 1 atom stereocenters. The van der Waals surface area contributed by atoms with E-state index in [4.69, 9.17) is 9.47 Å². The van der Waals surface area contributed by atoms with E-state index in [0.29, 0.717) is 12.8 Å². The number of esters is 2. The quantitative estimate of drug-likeness (QED) is 0.0373. The molecule has 0 aliphatic heterocycles. The summed E-state index contributed by atoms with van der Waals surface area (Å²) >= 11 is 0. The summed E-state index contributed by atoms with van der Waals surface area (Å²) in [4.78, 5) is 24.6. The molecule has 0 bridgehead atoms. The molecule has 1 N–H and O–H groups in total. The molecule has 0 spiro atoms. The summed E-state index contributed by atoms with van der Waals surface area (Å²) in [6, 6.07) is 0. The third kappa shape index (κ3) is 57.4. The van der Waals surface area contributed by atoms with Crippen LogP contribution in [0.15, 0.2) is 97.2 Å². The van der Waals surface area contributed by atoms with Crippen LogP contribution in [0.4, 0.5) is 0 Å². The van der Waals surface area contributed by atoms with E-state index in [0.717, 1.165) is 96.3 Å². The van der Waals surface area contributed by atoms with E-state index in [1.165, 1.54) is 161 Å². The van der Waals surface area contributed by atoms with Gasteiger partial charge in [0.15, 0.2) is 6.10 Å². The largest absolute Gasteiger partial charge is 0.462 e. The SMILES string of the molecule is CC/C=C\C/C=C\C/C=C\C/C=C\C/C=C\C/C=C\C/C=C\C/C=C\CCCCCCCCC(=O)OC(CO)COC(=O)CCCCCCCCCCCCCCCCCCCCCCCCCCC. The third-order valence-corrected chi connectivity index (χ3v) is 12.9. The van der Waals surface area contributed by atoms with E-state index in [-0.39, 0.29) is 25.2 Å². The minimum absolute atomic E-state index is 0.0738. The second-order valence-corrected chi connectivity index (χ2v) is 19.7. The lowest BCUT2D eigenvalue weighted by molar-refractivity contribution is -0.161. The highest BCUT2D eigenvalue weighted by atomic mass is 16.6. The highest BCUT2D eigenvalue weighted by Crippen LogP contribution is 2.17. The summed E-state index contributed by atoms with van der Waals surface area (Å²) in [6.07, 6.45) is 85.3. The zero-order valence-electron chi connectivity index (χ0n) is 46.0. The Bertz CT molecular complexity index is 1330. The predicted molar refractivity (Wildman–Crippen MR) is 306 cm³/mol. The van der Waals surface area contributed by atoms with Gasteiger partial charge in [-0.2, -0.15) is 0 Å². The minimum Gasteiger partial charge on any atom is -0.462 e. The predicted octanol–water partition coefficient (Wildman–Crippen LogP) is 20.3. The third-order valence-electron chi connectivity index (χ3n) is 12.9. The molecule has 0 fully saturated rings. The van der Waals surface area contributed by atoms with Crippen molar-refractivity contribution in [3.05, 3.63) is 97.2 Å². The second-order valence-electron chi connectivity index (χ2n) is 19.7. The van der Waals surface area contributed by atoms with Crippen LogP contribution >= 0.6 is 0 Å². The molecule has 0 rings (SSSR count). The molecular formula is C65H112O5. The van der Waals surface area contributed by atoms with Crippen molar-refractivity contribution in [1.29, 1.82) is 0 Å². The summed E-state index contributed by atoms with van der Waals surface area (Å²) in [5, 5.41) is 9.66. The fourth-order valence-corrected chi connectivity index (χ4v) is 8.46. The minimum atomic E-state index is -0.786. The Morgan fingerprint density at radius 1 is 0.343 bits per heavy atom. The Kier molecular flexibility index (Phi) is 57.4. The zero-order chi connectivity index (χ0) is 50.6. The van der Waals surface area contributed by atoms with Gasteiger partial charge in [-0.05, 0) is 77.0 Å². The number of unbranched alkanes of at least 4 members (excludes halogenated alkanes) is 30. The van der Waals surface area contributed by atoms with Gasteiger partial charge in [0.25, 0.3) is 0 Å². The molecule has 0 saturated heterocycles. The van der Waals surface area contributed by atoms with Crippen LogP contribution in [0.3, 0.4) is 0 Å². The molecule has 0 aromatic carbocycles. The topological polar surface area (TPSA) is 72.8 Å². The lowest BCUT2D eigenvalue weighted by Gasteiger charge is -2.15. The van der Waals surface area contributed by atoms with Gasteiger partial charge in [-0.1, -0.05) is 291 Å². The van der Waals surface area contributed by atoms with Gasteiger partial charge in [-0.15, -0.1) is 0 Å². The molecule has 5 nitrogen and oxygen atoms in total. The molecule has 0 radical (unpaired) electrons. The Morgan fingerprint density at radius 3 is 0.929 bits per heavy atom. The first-order valence-corrected chi connectivity index (χ1v) is 29.8. The Morgan fingerprint density at radius 2 is 0.614 bits per heavy atom. The van der Waals surface area contributed by atoms with Crippen molar-refractivity contribution in [1.82, 2.24) is 0 Å². The van der Waals surface area contributed by atoms with Crippen molar-refractivity contribution in [2.75, 3.05) is 13.2 Å². The number of hydrogen-bond acceptors (Lipinski definition) is 5. The number of aliphatic hydroxyl groups is 1. The number of aliphatic hydroxyl groups excluding tert-OH is 1. The second kappa shape index (κ2) is 60.1. The number of carbonyl (C=O) groups is 2. The first kappa shape index (κ1) is 66.8. The van der Waals surface area contributed by atoms with Crippen molar-refractivity contribution in [3.8, 4) is 0 Å². The van der Waals surface area contributed by atoms with Crippen LogP contribution in [-0.2, 0) is 19.1 Å². The lowest BCUT2D eigenvalue weighted by Crippen LogP contribution is -2.28. The number of allylic oxidation sites excluding steroid dienone is 16. The van der Waals surface area contributed by atoms with Gasteiger partial charge in [-0.25, -0.2) is 0 Å². The molecule has 1 unspecified atom stereocenters. The van der Waals surface area contributed by atoms with E-state index in [9.17, 15) is 14.7 Å². The molecule has 0 heterocycles. The maximum absolute atomic E-state index is 12.3. The highest BCUT2D eigenvalue weighted by molar-refractivity contribution is 5.70. The average Bonchev–Trinajstić information content (AvgIpc) is 3.36. The van der Waals surface area contributed by atoms with Gasteiger partial charge in [0.1, 0.15) is 6.61 Å². The molecule has 0 amide bonds. The molecule has 0 aliphatic carbocycles. The lowest BCUT2D eigenvalue weighted by atomic mass is 10.0. The molecule has 0 saturated carbocycles. The highest BCUT2D eigenvalue weighted by Gasteiger charge is 2.16. The molecule has 70 heavy (non-hydrogen) atoms. The van der Waals surface area contributed by atoms with Crippen molar-refractivity contribution in [3.63, 3.8) is 0 Å². The molecule has 5 heteroatoms. The number of carbonyl (C=O) groups excluding carboxylic acids is 2. The van der Waals surface area contributed by atoms with E-state index in [1.807, 2.05) is 0 Å². The Labute approximate surface area is 434 Å². The zero-order valence-corrected chi connectivity index (χ0v) is 46.0. The average molecular weight is 974 g/mol. The van der Waals surface area contributed by atoms with Crippen LogP contribution in [0.25, 0.3) is 0 Å². The monoisotopic (exact) mass is 973 g/mol. The number of rotatable bonds is 54. The summed E-state index contributed by atoms with van der Waals surface area (Å²) in [6.45, 7) is 4.04. The standard InChI is InChI=1S/C65H112O5/c1-3-5-7-9-11-13-15-17-19-21-23-25-27-29-30-31-32-33-34-36-38-40-42-44-46-48-50-52-54-56-58-60-65(68)70-63(61-66)62-69-64(67)59-57-55-53-51-49-47-45-43-41-39-37-35-28-26-24-22-20-18-16-14-12-10-8-6-4-2/h5,7,11,13,17,19,23,25,29-30,32-33,36,38,42,44,63,66H,3-4,6,8-10,12,14-16,18,20-22,24,26-28,31,34-35,37,39-41,43,45-62H2,1-2H3/b7-5-,13-11-,19-17-,25-23-,30-29-,33-32-,38-36-,44-42-. The summed E-state index contributed by atoms with van der Waals surface area (Å²) in [5.74, 6) is -0.601. The van der Waals surface area contributed by atoms with Crippen molar-refractivity contribution in [2.45, 2.75) is 290 Å². The van der Waals surface area contributed by atoms with E-state index < -0.39 is 6.10 Å². The van der Waals surface area contributed by atoms with Gasteiger partial charge < -0.3 is 14.6 Å². The van der Waals surface area contributed by atoms with Gasteiger partial charge in [-0.3, -0.25) is 9.59 Å². The first-order chi connectivity index (χ1) is 34.6.